The molecule has 3 aliphatic heterocycles. The molecule has 3 fully saturated rings. The van der Waals surface area contributed by atoms with Crippen LogP contribution in [0.25, 0.3) is 0 Å². The Morgan fingerprint density at radius 3 is 1.71 bits per heavy atom. The molecule has 0 aliphatic carbocycles. The minimum atomic E-state index is -1.64. The third kappa shape index (κ3) is 5.82. The summed E-state index contributed by atoms with van der Waals surface area (Å²) >= 11 is 0. The van der Waals surface area contributed by atoms with Gasteiger partial charge < -0.3 is 64.2 Å². The number of ether oxygens (including phenoxy) is 6. The number of aliphatic hydroxyl groups excluding tert-OH is 7. The van der Waals surface area contributed by atoms with Crippen LogP contribution in [0.15, 0.2) is 0 Å². The first kappa shape index (κ1) is 29.0. The highest BCUT2D eigenvalue weighted by atomic mass is 16.7. The van der Waals surface area contributed by atoms with Crippen molar-refractivity contribution in [2.24, 2.45) is 11.8 Å². The standard InChI is InChI=1S/C22H40O13/c1-5-10-15(27)13(25)9(3)20(31-10)35-19-12(7-24)33-22(17(29)16(19)28)34-18-8(2)14(26)21(30-4)32-11(18)6-23/h8-29H,5-7H2,1-4H3/t8-,9?,10?,11?,12?,13-,14?,15+,16-,17?,18-,19+,20+,21-,22+/m0/s1. The lowest BCUT2D eigenvalue weighted by Gasteiger charge is -2.48. The molecule has 3 heterocycles. The number of hydrogen-bond donors (Lipinski definition) is 7. The van der Waals surface area contributed by atoms with Gasteiger partial charge in [-0.2, -0.15) is 0 Å². The van der Waals surface area contributed by atoms with Gasteiger partial charge in [-0.3, -0.25) is 0 Å². The molecule has 15 atom stereocenters. The van der Waals surface area contributed by atoms with Gasteiger partial charge in [-0.05, 0) is 6.42 Å². The van der Waals surface area contributed by atoms with Gasteiger partial charge >= 0.3 is 0 Å². The van der Waals surface area contributed by atoms with E-state index < -0.39 is 105 Å². The van der Waals surface area contributed by atoms with Crippen LogP contribution < -0.4 is 0 Å². The fourth-order valence-corrected chi connectivity index (χ4v) is 4.87. The van der Waals surface area contributed by atoms with Crippen LogP contribution in [0.5, 0.6) is 0 Å². The largest absolute Gasteiger partial charge is 0.394 e. The van der Waals surface area contributed by atoms with Crippen LogP contribution in [0.3, 0.4) is 0 Å². The first-order valence-corrected chi connectivity index (χ1v) is 12.0. The Labute approximate surface area is 204 Å². The number of hydrogen-bond acceptors (Lipinski definition) is 13. The first-order chi connectivity index (χ1) is 16.6. The molecule has 0 amide bonds. The Balaban J connectivity index is 1.72. The second-order valence-electron chi connectivity index (χ2n) is 9.51. The SMILES string of the molecule is CCC1O[C@H](O[C@@H]2C(CO)O[C@H](O[C@@H]3C(CO)O[C@H](OC)C(O)[C@@H]3C)C(O)[C@@H]2O)C(C)[C@H](O)[C@@H]1O. The van der Waals surface area contributed by atoms with E-state index in [9.17, 15) is 35.7 Å². The fraction of sp³-hybridized carbons (Fsp3) is 1.00. The molecule has 0 aromatic rings. The summed E-state index contributed by atoms with van der Waals surface area (Å²) in [7, 11) is 1.35. The van der Waals surface area contributed by atoms with E-state index in [1.807, 2.05) is 0 Å². The van der Waals surface area contributed by atoms with E-state index in [0.717, 1.165) is 0 Å². The molecule has 0 saturated carbocycles. The van der Waals surface area contributed by atoms with Gasteiger partial charge in [0.05, 0.1) is 31.5 Å². The molecule has 7 N–H and O–H groups in total. The van der Waals surface area contributed by atoms with Crippen molar-refractivity contribution >= 4 is 0 Å². The van der Waals surface area contributed by atoms with Crippen molar-refractivity contribution in [3.8, 4) is 0 Å². The molecule has 0 radical (unpaired) electrons. The van der Waals surface area contributed by atoms with Crippen molar-refractivity contribution in [1.29, 1.82) is 0 Å². The predicted octanol–water partition coefficient (Wildman–Crippen LogP) is -2.95. The normalized spacial score (nSPS) is 51.3. The number of methoxy groups -OCH3 is 1. The van der Waals surface area contributed by atoms with Crippen molar-refractivity contribution in [2.75, 3.05) is 20.3 Å². The summed E-state index contributed by atoms with van der Waals surface area (Å²) in [4.78, 5) is 0. The summed E-state index contributed by atoms with van der Waals surface area (Å²) in [5.74, 6) is -1.28. The Morgan fingerprint density at radius 1 is 0.600 bits per heavy atom. The summed E-state index contributed by atoms with van der Waals surface area (Å²) in [5.41, 5.74) is 0. The van der Waals surface area contributed by atoms with Crippen molar-refractivity contribution in [3.63, 3.8) is 0 Å². The molecule has 3 rings (SSSR count). The highest BCUT2D eigenvalue weighted by Gasteiger charge is 2.52. The fourth-order valence-electron chi connectivity index (χ4n) is 4.87. The van der Waals surface area contributed by atoms with Gasteiger partial charge in [0.2, 0.25) is 0 Å². The highest BCUT2D eigenvalue weighted by molar-refractivity contribution is 4.95. The summed E-state index contributed by atoms with van der Waals surface area (Å²) in [6.07, 6.45) is -14.6. The van der Waals surface area contributed by atoms with Gasteiger partial charge in [-0.15, -0.1) is 0 Å². The van der Waals surface area contributed by atoms with Crippen LogP contribution in [-0.4, -0.2) is 136 Å². The molecule has 6 unspecified atom stereocenters. The van der Waals surface area contributed by atoms with E-state index in [1.54, 1.807) is 20.8 Å². The van der Waals surface area contributed by atoms with Gasteiger partial charge in [0, 0.05) is 18.9 Å². The molecular weight excluding hydrogens is 472 g/mol. The van der Waals surface area contributed by atoms with E-state index >= 15 is 0 Å². The molecule has 35 heavy (non-hydrogen) atoms. The molecule has 13 nitrogen and oxygen atoms in total. The minimum absolute atomic E-state index is 0.403. The molecule has 0 spiro atoms. The van der Waals surface area contributed by atoms with E-state index in [2.05, 4.69) is 0 Å². The Bertz CT molecular complexity index is 649. The highest BCUT2D eigenvalue weighted by Crippen LogP contribution is 2.35. The maximum Gasteiger partial charge on any atom is 0.187 e. The van der Waals surface area contributed by atoms with E-state index in [4.69, 9.17) is 28.4 Å². The molecule has 0 aromatic carbocycles. The Hall–Kier alpha value is -0.520. The molecular formula is C22H40O13. The monoisotopic (exact) mass is 512 g/mol. The summed E-state index contributed by atoms with van der Waals surface area (Å²) < 4.78 is 33.8. The predicted molar refractivity (Wildman–Crippen MR) is 116 cm³/mol. The molecule has 0 bridgehead atoms. The van der Waals surface area contributed by atoms with Crippen LogP contribution in [-0.2, 0) is 28.4 Å². The van der Waals surface area contributed by atoms with Crippen molar-refractivity contribution in [2.45, 2.75) is 107 Å². The molecule has 13 heteroatoms. The summed E-state index contributed by atoms with van der Waals surface area (Å²) in [6.45, 7) is 3.96. The van der Waals surface area contributed by atoms with Gasteiger partial charge in [0.25, 0.3) is 0 Å². The lowest BCUT2D eigenvalue weighted by molar-refractivity contribution is -0.371. The maximum atomic E-state index is 10.9. The van der Waals surface area contributed by atoms with E-state index in [1.165, 1.54) is 7.11 Å². The van der Waals surface area contributed by atoms with Gasteiger partial charge in [-0.25, -0.2) is 0 Å². The lowest BCUT2D eigenvalue weighted by Crippen LogP contribution is -2.64. The topological polar surface area (TPSA) is 197 Å². The second kappa shape index (κ2) is 12.3. The maximum absolute atomic E-state index is 10.9. The van der Waals surface area contributed by atoms with Crippen molar-refractivity contribution in [3.05, 3.63) is 0 Å². The van der Waals surface area contributed by atoms with Crippen LogP contribution in [0.2, 0.25) is 0 Å². The number of rotatable bonds is 8. The molecule has 206 valence electrons. The summed E-state index contributed by atoms with van der Waals surface area (Å²) in [6, 6.07) is 0. The van der Waals surface area contributed by atoms with Gasteiger partial charge in [0.15, 0.2) is 18.9 Å². The van der Waals surface area contributed by atoms with Gasteiger partial charge in [-0.1, -0.05) is 20.8 Å². The summed E-state index contributed by atoms with van der Waals surface area (Å²) in [5, 5.41) is 72.3. The second-order valence-corrected chi connectivity index (χ2v) is 9.51. The van der Waals surface area contributed by atoms with Crippen LogP contribution >= 0.6 is 0 Å². The minimum Gasteiger partial charge on any atom is -0.394 e. The average molecular weight is 513 g/mol. The third-order valence-electron chi connectivity index (χ3n) is 7.24. The zero-order valence-corrected chi connectivity index (χ0v) is 20.4. The van der Waals surface area contributed by atoms with Crippen LogP contribution in [0.4, 0.5) is 0 Å². The Morgan fingerprint density at radius 2 is 1.14 bits per heavy atom. The molecule has 3 aliphatic rings. The third-order valence-corrected chi connectivity index (χ3v) is 7.24. The van der Waals surface area contributed by atoms with Crippen molar-refractivity contribution in [1.82, 2.24) is 0 Å². The average Bonchev–Trinajstić information content (AvgIpc) is 2.86. The van der Waals surface area contributed by atoms with Gasteiger partial charge in [0.1, 0.15) is 42.7 Å². The van der Waals surface area contributed by atoms with E-state index in [-0.39, 0.29) is 0 Å². The zero-order valence-electron chi connectivity index (χ0n) is 20.4. The van der Waals surface area contributed by atoms with E-state index in [0.29, 0.717) is 6.42 Å². The lowest BCUT2D eigenvalue weighted by atomic mass is 9.90. The quantitative estimate of drug-likeness (QED) is 0.174. The Kier molecular flexibility index (Phi) is 10.2. The van der Waals surface area contributed by atoms with Crippen molar-refractivity contribution < 1.29 is 64.2 Å². The molecule has 3 saturated heterocycles. The molecule has 0 aromatic heterocycles. The first-order valence-electron chi connectivity index (χ1n) is 12.0. The smallest absolute Gasteiger partial charge is 0.187 e. The number of aliphatic hydroxyl groups is 7. The zero-order chi connectivity index (χ0) is 26.0. The van der Waals surface area contributed by atoms with Crippen LogP contribution in [0, 0.1) is 11.8 Å². The van der Waals surface area contributed by atoms with Crippen LogP contribution in [0.1, 0.15) is 27.2 Å².